The molecule has 1 amide bonds. The van der Waals surface area contributed by atoms with Crippen LogP contribution in [0.5, 0.6) is 11.5 Å². The van der Waals surface area contributed by atoms with E-state index in [0.29, 0.717) is 22.7 Å². The molecule has 0 atom stereocenters. The fourth-order valence-corrected chi connectivity index (χ4v) is 1.83. The van der Waals surface area contributed by atoms with Crippen molar-refractivity contribution in [2.75, 3.05) is 26.1 Å². The van der Waals surface area contributed by atoms with Gasteiger partial charge in [-0.15, -0.1) is 0 Å². The Bertz CT molecular complexity index is 699. The van der Waals surface area contributed by atoms with Crippen molar-refractivity contribution < 1.29 is 23.8 Å². The average Bonchev–Trinajstić information content (AvgIpc) is 2.60. The summed E-state index contributed by atoms with van der Waals surface area (Å²) < 4.78 is 14.9. The van der Waals surface area contributed by atoms with Crippen molar-refractivity contribution >= 4 is 17.6 Å². The Morgan fingerprint density at radius 2 is 1.74 bits per heavy atom. The molecule has 0 saturated carbocycles. The van der Waals surface area contributed by atoms with Gasteiger partial charge in [0.05, 0.1) is 14.2 Å². The van der Waals surface area contributed by atoms with E-state index in [4.69, 9.17) is 9.47 Å². The quantitative estimate of drug-likeness (QED) is 0.829. The summed E-state index contributed by atoms with van der Waals surface area (Å²) >= 11 is 0. The molecule has 0 aliphatic carbocycles. The highest BCUT2D eigenvalue weighted by molar-refractivity contribution is 6.04. The molecular formula is C17H17NO5. The van der Waals surface area contributed by atoms with Crippen molar-refractivity contribution in [1.29, 1.82) is 0 Å². The Kier molecular flexibility index (Phi) is 5.57. The first-order valence-electron chi connectivity index (χ1n) is 6.87. The number of amides is 1. The molecule has 1 N–H and O–H groups in total. The van der Waals surface area contributed by atoms with Gasteiger partial charge in [-0.2, -0.15) is 0 Å². The molecule has 23 heavy (non-hydrogen) atoms. The first-order chi connectivity index (χ1) is 11.1. The number of hydrogen-bond acceptors (Lipinski definition) is 5. The van der Waals surface area contributed by atoms with Crippen molar-refractivity contribution in [3.8, 4) is 11.5 Å². The predicted octanol–water partition coefficient (Wildman–Crippen LogP) is 2.50. The van der Waals surface area contributed by atoms with Crippen LogP contribution in [0.15, 0.2) is 48.5 Å². The molecule has 0 bridgehead atoms. The number of nitrogens with one attached hydrogen (secondary N) is 1. The van der Waals surface area contributed by atoms with Crippen LogP contribution in [0, 0.1) is 0 Å². The zero-order valence-corrected chi connectivity index (χ0v) is 12.9. The highest BCUT2D eigenvalue weighted by atomic mass is 16.6. The number of carbonyl (C=O) groups is 2. The van der Waals surface area contributed by atoms with Gasteiger partial charge in [-0.25, -0.2) is 4.79 Å². The summed E-state index contributed by atoms with van der Waals surface area (Å²) in [6, 6.07) is 13.6. The third-order valence-electron chi connectivity index (χ3n) is 3.01. The molecule has 120 valence electrons. The van der Waals surface area contributed by atoms with Crippen LogP contribution >= 0.6 is 0 Å². The molecule has 6 nitrogen and oxygen atoms in total. The Balaban J connectivity index is 2.04. The third-order valence-corrected chi connectivity index (χ3v) is 3.01. The Morgan fingerprint density at radius 3 is 2.48 bits per heavy atom. The first-order valence-corrected chi connectivity index (χ1v) is 6.87. The summed E-state index contributed by atoms with van der Waals surface area (Å²) in [5.41, 5.74) is 1.03. The van der Waals surface area contributed by atoms with Crippen molar-refractivity contribution in [3.63, 3.8) is 0 Å². The lowest BCUT2D eigenvalue weighted by Gasteiger charge is -2.09. The zero-order chi connectivity index (χ0) is 16.7. The Morgan fingerprint density at radius 1 is 1.00 bits per heavy atom. The summed E-state index contributed by atoms with van der Waals surface area (Å²) in [5.74, 6) is 0.316. The van der Waals surface area contributed by atoms with Crippen molar-refractivity contribution in [2.24, 2.45) is 0 Å². The minimum atomic E-state index is -0.476. The van der Waals surface area contributed by atoms with Gasteiger partial charge in [0.1, 0.15) is 11.5 Å². The second-order valence-corrected chi connectivity index (χ2v) is 4.58. The fraction of sp³-hybridized carbons (Fsp3) is 0.176. The van der Waals surface area contributed by atoms with E-state index in [1.165, 1.54) is 7.11 Å². The van der Waals surface area contributed by atoms with Gasteiger partial charge in [0.2, 0.25) is 0 Å². The Labute approximate surface area is 134 Å². The van der Waals surface area contributed by atoms with Crippen LogP contribution in [0.2, 0.25) is 0 Å². The van der Waals surface area contributed by atoms with Crippen LogP contribution in [0.3, 0.4) is 0 Å². The maximum absolute atomic E-state index is 12.2. The molecule has 0 spiro atoms. The average molecular weight is 315 g/mol. The molecule has 0 aliphatic heterocycles. The highest BCUT2D eigenvalue weighted by Gasteiger charge is 2.08. The highest BCUT2D eigenvalue weighted by Crippen LogP contribution is 2.19. The van der Waals surface area contributed by atoms with Gasteiger partial charge in [-0.1, -0.05) is 12.1 Å². The standard InChI is InChI=1S/C17H17NO5/c1-21-14-7-3-5-12(9-14)17(20)18-13-6-4-8-15(10-13)23-11-16(19)22-2/h3-10H,11H2,1-2H3,(H,18,20). The molecule has 0 aliphatic rings. The summed E-state index contributed by atoms with van der Waals surface area (Å²) in [6.07, 6.45) is 0. The normalized spacial score (nSPS) is 9.83. The van der Waals surface area contributed by atoms with Crippen molar-refractivity contribution in [1.82, 2.24) is 0 Å². The molecule has 0 fully saturated rings. The molecule has 2 aromatic carbocycles. The molecule has 0 aromatic heterocycles. The number of carbonyl (C=O) groups excluding carboxylic acids is 2. The number of hydrogen-bond donors (Lipinski definition) is 1. The lowest BCUT2D eigenvalue weighted by atomic mass is 10.2. The maximum Gasteiger partial charge on any atom is 0.343 e. The molecule has 0 heterocycles. The van der Waals surface area contributed by atoms with Gasteiger partial charge in [-0.05, 0) is 30.3 Å². The number of esters is 1. The molecule has 2 rings (SSSR count). The van der Waals surface area contributed by atoms with E-state index >= 15 is 0 Å². The van der Waals surface area contributed by atoms with Crippen molar-refractivity contribution in [3.05, 3.63) is 54.1 Å². The van der Waals surface area contributed by atoms with E-state index in [0.717, 1.165) is 0 Å². The number of methoxy groups -OCH3 is 2. The molecule has 6 heteroatoms. The molecule has 2 aromatic rings. The molecular weight excluding hydrogens is 298 g/mol. The molecule has 0 saturated heterocycles. The van der Waals surface area contributed by atoms with Crippen molar-refractivity contribution in [2.45, 2.75) is 0 Å². The van der Waals surface area contributed by atoms with Gasteiger partial charge in [0.25, 0.3) is 5.91 Å². The van der Waals surface area contributed by atoms with Gasteiger partial charge in [0, 0.05) is 17.3 Å². The van der Waals surface area contributed by atoms with Crippen LogP contribution < -0.4 is 14.8 Å². The number of rotatable bonds is 6. The van der Waals surface area contributed by atoms with Crippen LogP contribution in [0.1, 0.15) is 10.4 Å². The third kappa shape index (κ3) is 4.74. The summed E-state index contributed by atoms with van der Waals surface area (Å²) in [4.78, 5) is 23.3. The minimum absolute atomic E-state index is 0.191. The number of benzene rings is 2. The Hall–Kier alpha value is -3.02. The fourth-order valence-electron chi connectivity index (χ4n) is 1.83. The summed E-state index contributed by atoms with van der Waals surface area (Å²) in [7, 11) is 2.83. The smallest absolute Gasteiger partial charge is 0.343 e. The summed E-state index contributed by atoms with van der Waals surface area (Å²) in [6.45, 7) is -0.191. The largest absolute Gasteiger partial charge is 0.497 e. The van der Waals surface area contributed by atoms with E-state index in [2.05, 4.69) is 10.1 Å². The SMILES string of the molecule is COC(=O)COc1cccc(NC(=O)c2cccc(OC)c2)c1. The molecule has 0 unspecified atom stereocenters. The second kappa shape index (κ2) is 7.84. The van der Waals surface area contributed by atoms with Crippen LogP contribution in [-0.4, -0.2) is 32.7 Å². The number of ether oxygens (including phenoxy) is 3. The first kappa shape index (κ1) is 16.4. The predicted molar refractivity (Wildman–Crippen MR) is 84.9 cm³/mol. The maximum atomic E-state index is 12.2. The van der Waals surface area contributed by atoms with Crippen LogP contribution in [0.25, 0.3) is 0 Å². The lowest BCUT2D eigenvalue weighted by molar-refractivity contribution is -0.142. The lowest BCUT2D eigenvalue weighted by Crippen LogP contribution is -2.13. The monoisotopic (exact) mass is 315 g/mol. The second-order valence-electron chi connectivity index (χ2n) is 4.58. The van der Waals surface area contributed by atoms with E-state index < -0.39 is 5.97 Å². The van der Waals surface area contributed by atoms with Crippen LogP contribution in [0.4, 0.5) is 5.69 Å². The van der Waals surface area contributed by atoms with Gasteiger partial charge >= 0.3 is 5.97 Å². The van der Waals surface area contributed by atoms with E-state index in [9.17, 15) is 9.59 Å². The minimum Gasteiger partial charge on any atom is -0.497 e. The van der Waals surface area contributed by atoms with E-state index in [1.54, 1.807) is 55.6 Å². The van der Waals surface area contributed by atoms with Gasteiger partial charge < -0.3 is 19.5 Å². The zero-order valence-electron chi connectivity index (χ0n) is 12.9. The number of anilines is 1. The topological polar surface area (TPSA) is 73.9 Å². The van der Waals surface area contributed by atoms with Gasteiger partial charge in [-0.3, -0.25) is 4.79 Å². The van der Waals surface area contributed by atoms with Crippen LogP contribution in [-0.2, 0) is 9.53 Å². The van der Waals surface area contributed by atoms with Gasteiger partial charge in [0.15, 0.2) is 6.61 Å². The van der Waals surface area contributed by atoms with E-state index in [1.807, 2.05) is 0 Å². The molecule has 0 radical (unpaired) electrons. The summed E-state index contributed by atoms with van der Waals surface area (Å²) in [5, 5.41) is 2.76. The van der Waals surface area contributed by atoms with E-state index in [-0.39, 0.29) is 12.5 Å².